The molecule has 4 heterocycles. The van der Waals surface area contributed by atoms with Gasteiger partial charge in [-0.1, -0.05) is 6.58 Å². The Bertz CT molecular complexity index is 966. The lowest BCUT2D eigenvalue weighted by Gasteiger charge is -2.27. The van der Waals surface area contributed by atoms with Crippen LogP contribution >= 0.6 is 0 Å². The number of hydrogen-bond acceptors (Lipinski definition) is 5. The van der Waals surface area contributed by atoms with Crippen LogP contribution in [0.3, 0.4) is 0 Å². The number of halogens is 1. The van der Waals surface area contributed by atoms with Crippen molar-refractivity contribution < 1.29 is 13.9 Å². The van der Waals surface area contributed by atoms with Crippen molar-refractivity contribution in [1.29, 1.82) is 0 Å². The van der Waals surface area contributed by atoms with Crippen LogP contribution in [0.4, 0.5) is 4.39 Å². The molecular formula is C19H23FN6O2. The average Bonchev–Trinajstić information content (AvgIpc) is 3.35. The van der Waals surface area contributed by atoms with E-state index in [0.29, 0.717) is 18.8 Å². The van der Waals surface area contributed by atoms with Crippen molar-refractivity contribution in [2.75, 3.05) is 20.2 Å². The zero-order valence-corrected chi connectivity index (χ0v) is 16.0. The van der Waals surface area contributed by atoms with Crippen LogP contribution in [0.15, 0.2) is 43.5 Å². The number of nitrogens with zero attached hydrogens (tertiary/aromatic N) is 6. The molecule has 1 amide bonds. The third-order valence-corrected chi connectivity index (χ3v) is 4.40. The Morgan fingerprint density at radius 1 is 1.39 bits per heavy atom. The summed E-state index contributed by atoms with van der Waals surface area (Å²) in [7, 11) is 3.47. The first-order valence-electron chi connectivity index (χ1n) is 8.94. The summed E-state index contributed by atoms with van der Waals surface area (Å²) in [5, 5.41) is 8.31. The molecule has 4 rings (SSSR count). The third-order valence-electron chi connectivity index (χ3n) is 4.40. The highest BCUT2D eigenvalue weighted by molar-refractivity contribution is 5.87. The first-order valence-corrected chi connectivity index (χ1v) is 8.94. The molecule has 148 valence electrons. The maximum Gasteiger partial charge on any atom is 0.246 e. The Kier molecular flexibility index (Phi) is 6.03. The maximum absolute atomic E-state index is 12.7. The Hall–Kier alpha value is -3.23. The molecule has 28 heavy (non-hydrogen) atoms. The first-order chi connectivity index (χ1) is 13.5. The van der Waals surface area contributed by atoms with Crippen LogP contribution in [0.25, 0.3) is 16.8 Å². The molecular weight excluding hydrogens is 363 g/mol. The molecule has 1 atom stereocenters. The predicted octanol–water partition coefficient (Wildman–Crippen LogP) is 2.27. The number of fused-ring (bicyclic) bond motifs is 1. The summed E-state index contributed by atoms with van der Waals surface area (Å²) in [6, 6.07) is 1.86. The number of piperidine rings is 1. The number of hydrogen-bond donors (Lipinski definition) is 0. The average molecular weight is 386 g/mol. The highest BCUT2D eigenvalue weighted by Gasteiger charge is 2.21. The van der Waals surface area contributed by atoms with E-state index in [1.165, 1.54) is 11.0 Å². The fourth-order valence-electron chi connectivity index (χ4n) is 3.00. The van der Waals surface area contributed by atoms with Crippen LogP contribution in [0.5, 0.6) is 5.88 Å². The summed E-state index contributed by atoms with van der Waals surface area (Å²) in [6.07, 6.45) is 8.97. The minimum atomic E-state index is -0.840. The number of likely N-dealkylation sites (tertiary alicyclic amines) is 1. The summed E-state index contributed by atoms with van der Waals surface area (Å²) in [5.74, 6) is 0.399. The van der Waals surface area contributed by atoms with Crippen molar-refractivity contribution in [2.45, 2.75) is 19.0 Å². The molecule has 0 spiro atoms. The van der Waals surface area contributed by atoms with Gasteiger partial charge in [0.05, 0.1) is 37.9 Å². The molecule has 3 aromatic heterocycles. The van der Waals surface area contributed by atoms with Crippen LogP contribution in [-0.4, -0.2) is 61.6 Å². The second-order valence-corrected chi connectivity index (χ2v) is 6.43. The van der Waals surface area contributed by atoms with Crippen molar-refractivity contribution in [3.63, 3.8) is 0 Å². The zero-order valence-electron chi connectivity index (χ0n) is 16.0. The van der Waals surface area contributed by atoms with Crippen molar-refractivity contribution >= 4 is 11.4 Å². The normalized spacial score (nSPS) is 16.4. The molecule has 0 aliphatic carbocycles. The van der Waals surface area contributed by atoms with Gasteiger partial charge in [-0.3, -0.25) is 9.48 Å². The van der Waals surface area contributed by atoms with Crippen LogP contribution < -0.4 is 4.74 Å². The molecule has 1 aliphatic rings. The molecule has 3 aromatic rings. The minimum absolute atomic E-state index is 0.160. The standard InChI is InChI=1S/C11H11N5O.C8H12FNO/c1-15-6-8(5-13-15)9-7-16-10(3-4-12-16)11(14-9)17-2;1-2-8(11)10-5-3-4-7(9)6-10/h3-7H,1-2H3;2,7H,1,3-6H2. The van der Waals surface area contributed by atoms with E-state index in [1.807, 2.05) is 25.5 Å². The zero-order chi connectivity index (χ0) is 20.1. The monoisotopic (exact) mass is 386 g/mol. The van der Waals surface area contributed by atoms with Gasteiger partial charge in [-0.25, -0.2) is 13.9 Å². The van der Waals surface area contributed by atoms with Gasteiger partial charge in [0.25, 0.3) is 0 Å². The van der Waals surface area contributed by atoms with Gasteiger partial charge in [-0.15, -0.1) is 0 Å². The number of carbonyl (C=O) groups is 1. The van der Waals surface area contributed by atoms with Gasteiger partial charge in [-0.2, -0.15) is 10.2 Å². The van der Waals surface area contributed by atoms with E-state index >= 15 is 0 Å². The lowest BCUT2D eigenvalue weighted by Crippen LogP contribution is -2.39. The van der Waals surface area contributed by atoms with Crippen LogP contribution in [0.1, 0.15) is 12.8 Å². The molecule has 1 saturated heterocycles. The lowest BCUT2D eigenvalue weighted by atomic mass is 10.1. The number of carbonyl (C=O) groups excluding carboxylic acids is 1. The highest BCUT2D eigenvalue weighted by Crippen LogP contribution is 2.22. The number of rotatable bonds is 3. The Morgan fingerprint density at radius 2 is 2.21 bits per heavy atom. The molecule has 0 radical (unpaired) electrons. The molecule has 9 heteroatoms. The van der Waals surface area contributed by atoms with E-state index in [2.05, 4.69) is 21.8 Å². The highest BCUT2D eigenvalue weighted by atomic mass is 19.1. The Labute approximate surface area is 162 Å². The molecule has 1 unspecified atom stereocenters. The number of methoxy groups -OCH3 is 1. The molecule has 8 nitrogen and oxygen atoms in total. The Balaban J connectivity index is 0.000000178. The molecule has 1 aliphatic heterocycles. The Morgan fingerprint density at radius 3 is 2.86 bits per heavy atom. The van der Waals surface area contributed by atoms with Gasteiger partial charge in [0.1, 0.15) is 11.7 Å². The molecule has 0 aromatic carbocycles. The van der Waals surface area contributed by atoms with E-state index in [0.717, 1.165) is 23.2 Å². The van der Waals surface area contributed by atoms with Gasteiger partial charge in [0, 0.05) is 25.4 Å². The number of aromatic nitrogens is 5. The summed E-state index contributed by atoms with van der Waals surface area (Å²) < 4.78 is 21.4. The van der Waals surface area contributed by atoms with Crippen molar-refractivity contribution in [3.05, 3.63) is 43.5 Å². The largest absolute Gasteiger partial charge is 0.479 e. The van der Waals surface area contributed by atoms with Crippen molar-refractivity contribution in [2.24, 2.45) is 7.05 Å². The van der Waals surface area contributed by atoms with Gasteiger partial charge in [0.15, 0.2) is 0 Å². The number of ether oxygens (including phenoxy) is 1. The predicted molar refractivity (Wildman–Crippen MR) is 103 cm³/mol. The molecule has 1 fully saturated rings. The second-order valence-electron chi connectivity index (χ2n) is 6.43. The van der Waals surface area contributed by atoms with Crippen LogP contribution in [0, 0.1) is 0 Å². The summed E-state index contributed by atoms with van der Waals surface area (Å²) in [6.45, 7) is 4.26. The SMILES string of the molecule is C=CC(=O)N1CCCC(F)C1.COc1nc(-c2cnn(C)c2)cn2nccc12. The van der Waals surface area contributed by atoms with Gasteiger partial charge in [0.2, 0.25) is 11.8 Å². The van der Waals surface area contributed by atoms with E-state index in [-0.39, 0.29) is 12.5 Å². The van der Waals surface area contributed by atoms with Gasteiger partial charge in [-0.05, 0) is 25.0 Å². The number of aryl methyl sites for hydroxylation is 1. The van der Waals surface area contributed by atoms with E-state index < -0.39 is 6.17 Å². The quantitative estimate of drug-likeness (QED) is 0.646. The number of alkyl halides is 1. The van der Waals surface area contributed by atoms with Crippen molar-refractivity contribution in [3.8, 4) is 17.1 Å². The number of amides is 1. The fraction of sp³-hybridized carbons (Fsp3) is 0.368. The molecule has 0 bridgehead atoms. The molecule has 0 saturated carbocycles. The summed E-state index contributed by atoms with van der Waals surface area (Å²) in [5.41, 5.74) is 2.56. The summed E-state index contributed by atoms with van der Waals surface area (Å²) in [4.78, 5) is 16.9. The smallest absolute Gasteiger partial charge is 0.246 e. The maximum atomic E-state index is 12.7. The lowest BCUT2D eigenvalue weighted by molar-refractivity contribution is -0.128. The third kappa shape index (κ3) is 4.36. The van der Waals surface area contributed by atoms with Gasteiger partial charge < -0.3 is 9.64 Å². The van der Waals surface area contributed by atoms with E-state index in [9.17, 15) is 9.18 Å². The van der Waals surface area contributed by atoms with E-state index in [1.54, 1.807) is 28.7 Å². The molecule has 0 N–H and O–H groups in total. The van der Waals surface area contributed by atoms with Crippen LogP contribution in [0.2, 0.25) is 0 Å². The van der Waals surface area contributed by atoms with Crippen LogP contribution in [-0.2, 0) is 11.8 Å². The van der Waals surface area contributed by atoms with Gasteiger partial charge >= 0.3 is 0 Å². The topological polar surface area (TPSA) is 77.6 Å². The first kappa shape index (κ1) is 19.5. The fourth-order valence-corrected chi connectivity index (χ4v) is 3.00. The van der Waals surface area contributed by atoms with Crippen molar-refractivity contribution in [1.82, 2.24) is 29.3 Å². The minimum Gasteiger partial charge on any atom is -0.479 e. The summed E-state index contributed by atoms with van der Waals surface area (Å²) >= 11 is 0. The van der Waals surface area contributed by atoms with E-state index in [4.69, 9.17) is 4.74 Å². The second kappa shape index (κ2) is 8.64.